The van der Waals surface area contributed by atoms with Crippen molar-refractivity contribution in [3.05, 3.63) is 22.6 Å². The van der Waals surface area contributed by atoms with Crippen molar-refractivity contribution in [1.29, 1.82) is 0 Å². The highest BCUT2D eigenvalue weighted by Gasteiger charge is 2.54. The Hall–Kier alpha value is -3.29. The van der Waals surface area contributed by atoms with Crippen LogP contribution in [0, 0.1) is 0 Å². The summed E-state index contributed by atoms with van der Waals surface area (Å²) in [6.07, 6.45) is 0. The third kappa shape index (κ3) is 6.15. The summed E-state index contributed by atoms with van der Waals surface area (Å²) in [5.74, 6) is -2.95. The monoisotopic (exact) mass is 614 g/mol. The first-order chi connectivity index (χ1) is 18.5. The van der Waals surface area contributed by atoms with Gasteiger partial charge < -0.3 is 25.7 Å². The van der Waals surface area contributed by atoms with E-state index in [1.54, 1.807) is 12.4 Å². The summed E-state index contributed by atoms with van der Waals surface area (Å²) in [5.41, 5.74) is 5.70. The van der Waals surface area contributed by atoms with Crippen molar-refractivity contribution < 1.29 is 33.9 Å². The maximum Gasteiger partial charge on any atom is 0.352 e. The Bertz CT molecular complexity index is 1340. The van der Waals surface area contributed by atoms with Gasteiger partial charge in [0.05, 0.1) is 6.61 Å². The van der Waals surface area contributed by atoms with Crippen molar-refractivity contribution in [2.75, 3.05) is 23.8 Å². The van der Waals surface area contributed by atoms with Crippen LogP contribution >= 0.6 is 46.4 Å². The average Bonchev–Trinajstić information content (AvgIpc) is 3.57. The van der Waals surface area contributed by atoms with Crippen LogP contribution < -0.4 is 11.1 Å². The standard InChI is InChI=1S/C20H22N8O7S4/c1-4-34-17(33)20(2,3)35-26-9(12-24-18(21)39-27-12)13(29)23-10-14(30)28-11(16(31)32)8(5-36-15(10)28)6-37-19-25-22-7-38-19/h7,10,15H,4-6H2,1-3H3,(H,23,29)(H,31,32)(H2,21,24,27)/b26-9+. The molecule has 4 rings (SSSR count). The highest BCUT2D eigenvalue weighted by atomic mass is 32.2. The molecule has 0 spiro atoms. The molecule has 39 heavy (non-hydrogen) atoms. The molecule has 4 N–H and O–H groups in total. The molecule has 19 heteroatoms. The van der Waals surface area contributed by atoms with Crippen LogP contribution in [0.3, 0.4) is 0 Å². The number of thioether (sulfide) groups is 2. The van der Waals surface area contributed by atoms with E-state index in [4.69, 9.17) is 15.3 Å². The van der Waals surface area contributed by atoms with Crippen molar-refractivity contribution in [3.63, 3.8) is 0 Å². The minimum atomic E-state index is -1.55. The molecular formula is C20H22N8O7S4. The molecule has 2 aliphatic heterocycles. The van der Waals surface area contributed by atoms with Crippen LogP contribution in [0.1, 0.15) is 26.6 Å². The number of amides is 2. The van der Waals surface area contributed by atoms with E-state index in [1.807, 2.05) is 0 Å². The summed E-state index contributed by atoms with van der Waals surface area (Å²) in [6.45, 7) is 4.55. The zero-order chi connectivity index (χ0) is 28.3. The summed E-state index contributed by atoms with van der Waals surface area (Å²) < 4.78 is 9.61. The molecule has 15 nitrogen and oxygen atoms in total. The van der Waals surface area contributed by atoms with Gasteiger partial charge in [-0.2, -0.15) is 9.36 Å². The Morgan fingerprint density at radius 3 is 2.77 bits per heavy atom. The molecule has 2 atom stereocenters. The number of nitrogen functional groups attached to an aromatic ring is 1. The molecule has 2 aromatic rings. The number of hydrogen-bond donors (Lipinski definition) is 3. The summed E-state index contributed by atoms with van der Waals surface area (Å²) in [5, 5.41) is 23.3. The molecule has 1 fully saturated rings. The predicted octanol–water partition coefficient (Wildman–Crippen LogP) is 0.565. The molecule has 2 aliphatic rings. The van der Waals surface area contributed by atoms with Crippen LogP contribution in [0.25, 0.3) is 0 Å². The number of β-lactam (4-membered cyclic amide) rings is 1. The second-order valence-corrected chi connectivity index (χ2v) is 12.3. The second-order valence-electron chi connectivity index (χ2n) is 8.33. The fourth-order valence-corrected chi connectivity index (χ4v) is 6.80. The van der Waals surface area contributed by atoms with E-state index in [2.05, 4.69) is 30.0 Å². The lowest BCUT2D eigenvalue weighted by atomic mass is 10.0. The second kappa shape index (κ2) is 11.8. The predicted molar refractivity (Wildman–Crippen MR) is 143 cm³/mol. The van der Waals surface area contributed by atoms with E-state index >= 15 is 0 Å². The minimum Gasteiger partial charge on any atom is -0.477 e. The molecule has 2 amide bonds. The van der Waals surface area contributed by atoms with Gasteiger partial charge in [-0.25, -0.2) is 9.59 Å². The third-order valence-electron chi connectivity index (χ3n) is 5.25. The van der Waals surface area contributed by atoms with Crippen LogP contribution in [-0.4, -0.2) is 94.2 Å². The number of hydrogen-bond acceptors (Lipinski definition) is 16. The number of esters is 1. The van der Waals surface area contributed by atoms with Gasteiger partial charge in [-0.15, -0.1) is 22.0 Å². The van der Waals surface area contributed by atoms with Crippen molar-refractivity contribution in [3.8, 4) is 0 Å². The van der Waals surface area contributed by atoms with E-state index in [9.17, 15) is 24.3 Å². The number of ether oxygens (including phenoxy) is 1. The number of nitrogens with zero attached hydrogens (tertiary/aromatic N) is 6. The molecule has 1 saturated heterocycles. The summed E-state index contributed by atoms with van der Waals surface area (Å²) >= 11 is 4.78. The number of fused-ring (bicyclic) bond motifs is 1. The van der Waals surface area contributed by atoms with Gasteiger partial charge in [-0.05, 0) is 26.3 Å². The minimum absolute atomic E-state index is 0.0547. The zero-order valence-corrected chi connectivity index (χ0v) is 23.9. The number of rotatable bonds is 11. The average molecular weight is 615 g/mol. The van der Waals surface area contributed by atoms with Gasteiger partial charge in [-0.1, -0.05) is 28.3 Å². The summed E-state index contributed by atoms with van der Waals surface area (Å²) in [6, 6.07) is -1.05. The normalized spacial score (nSPS) is 19.3. The number of carboxylic acids is 1. The maximum absolute atomic E-state index is 13.2. The summed E-state index contributed by atoms with van der Waals surface area (Å²) in [7, 11) is 0. The molecule has 4 heterocycles. The number of carboxylic acid groups (broad SMARTS) is 1. The van der Waals surface area contributed by atoms with Gasteiger partial charge >= 0.3 is 11.9 Å². The number of nitrogens with two attached hydrogens (primary N) is 1. The molecule has 0 aliphatic carbocycles. The Kier molecular flexibility index (Phi) is 8.72. The molecule has 0 saturated carbocycles. The van der Waals surface area contributed by atoms with E-state index in [-0.39, 0.29) is 23.3 Å². The quantitative estimate of drug-likeness (QED) is 0.104. The molecule has 0 radical (unpaired) electrons. The fraction of sp³-hybridized carbons (Fsp3) is 0.450. The van der Waals surface area contributed by atoms with Crippen molar-refractivity contribution >= 4 is 81.0 Å². The summed E-state index contributed by atoms with van der Waals surface area (Å²) in [4.78, 5) is 61.0. The molecule has 0 bridgehead atoms. The van der Waals surface area contributed by atoms with E-state index in [0.29, 0.717) is 21.4 Å². The van der Waals surface area contributed by atoms with Crippen LogP contribution in [-0.2, 0) is 28.8 Å². The van der Waals surface area contributed by atoms with Crippen LogP contribution in [0.15, 0.2) is 26.3 Å². The lowest BCUT2D eigenvalue weighted by molar-refractivity contribution is -0.167. The smallest absolute Gasteiger partial charge is 0.352 e. The number of aliphatic carboxylic acids is 1. The largest absolute Gasteiger partial charge is 0.477 e. The molecular weight excluding hydrogens is 593 g/mol. The van der Waals surface area contributed by atoms with Crippen molar-refractivity contribution in [2.45, 2.75) is 42.1 Å². The van der Waals surface area contributed by atoms with Crippen LogP contribution in [0.5, 0.6) is 0 Å². The van der Waals surface area contributed by atoms with E-state index < -0.39 is 46.5 Å². The van der Waals surface area contributed by atoms with Gasteiger partial charge in [0, 0.05) is 23.0 Å². The number of carbonyl (C=O) groups is 4. The lowest BCUT2D eigenvalue weighted by Crippen LogP contribution is -2.71. The number of carbonyl (C=O) groups excluding carboxylic acids is 3. The zero-order valence-electron chi connectivity index (χ0n) is 20.6. The van der Waals surface area contributed by atoms with E-state index in [1.165, 1.54) is 48.7 Å². The maximum atomic E-state index is 13.2. The Morgan fingerprint density at radius 2 is 2.15 bits per heavy atom. The van der Waals surface area contributed by atoms with Gasteiger partial charge in [-0.3, -0.25) is 14.5 Å². The third-order valence-corrected chi connectivity index (χ3v) is 9.08. The molecule has 208 valence electrons. The molecule has 0 aromatic carbocycles. The van der Waals surface area contributed by atoms with Crippen molar-refractivity contribution in [2.24, 2.45) is 5.16 Å². The highest BCUT2D eigenvalue weighted by molar-refractivity contribution is 8.01. The fourth-order valence-electron chi connectivity index (χ4n) is 3.40. The number of anilines is 1. The number of oxime groups is 1. The lowest BCUT2D eigenvalue weighted by Gasteiger charge is -2.49. The number of aromatic nitrogens is 4. The first-order valence-corrected chi connectivity index (χ1v) is 14.8. The van der Waals surface area contributed by atoms with E-state index in [0.717, 1.165) is 16.4 Å². The van der Waals surface area contributed by atoms with Gasteiger partial charge in [0.25, 0.3) is 11.8 Å². The van der Waals surface area contributed by atoms with Gasteiger partial charge in [0.2, 0.25) is 17.1 Å². The first kappa shape index (κ1) is 28.7. The molecule has 2 unspecified atom stereocenters. The SMILES string of the molecule is CCOC(=O)C(C)(C)O/N=C(/C(=O)NC1C(=O)N2C(C(=O)O)=C(CSc3nncs3)CSC12)c1nsc(N)n1. The van der Waals surface area contributed by atoms with Crippen molar-refractivity contribution in [1.82, 2.24) is 29.8 Å². The van der Waals surface area contributed by atoms with Gasteiger partial charge in [0.1, 0.15) is 22.6 Å². The topological polar surface area (TPSA) is 212 Å². The Balaban J connectivity index is 1.51. The Morgan fingerprint density at radius 1 is 1.38 bits per heavy atom. The Labute approximate surface area is 237 Å². The van der Waals surface area contributed by atoms with Gasteiger partial charge in [0.15, 0.2) is 9.47 Å². The highest BCUT2D eigenvalue weighted by Crippen LogP contribution is 2.41. The van der Waals surface area contributed by atoms with Crippen LogP contribution in [0.4, 0.5) is 5.13 Å². The van der Waals surface area contributed by atoms with Crippen LogP contribution in [0.2, 0.25) is 0 Å². The first-order valence-electron chi connectivity index (χ1n) is 11.2. The number of nitrogens with one attached hydrogen (secondary N) is 1. The molecule has 2 aromatic heterocycles.